The van der Waals surface area contributed by atoms with E-state index in [0.29, 0.717) is 43.9 Å². The summed E-state index contributed by atoms with van der Waals surface area (Å²) < 4.78 is 10.5. The molecule has 0 radical (unpaired) electrons. The summed E-state index contributed by atoms with van der Waals surface area (Å²) in [5, 5.41) is 14.9. The van der Waals surface area contributed by atoms with Crippen LogP contribution in [0.4, 0.5) is 9.59 Å². The van der Waals surface area contributed by atoms with Crippen LogP contribution in [0.5, 0.6) is 0 Å². The van der Waals surface area contributed by atoms with Crippen molar-refractivity contribution in [1.29, 1.82) is 0 Å². The lowest BCUT2D eigenvalue weighted by Crippen LogP contribution is -2.48. The standard InChI is InChI=1S/C35H62N6O7S4/c1-34(2,3)47-32(45)40-31(41-33(46)48-35(4,5)6)38-22-21-37-30(44)27(39-29(43)17-10-8-14-26-19-24-50-52-26)15-11-12-20-36-28(42)16-9-7-13-25-18-23-49-51-25/h25-27H,7-24H2,1-6H3,(H,36,42)(H,37,44)(H,39,43)(H2,38,40,41,45,46). The van der Waals surface area contributed by atoms with Crippen LogP contribution in [0.15, 0.2) is 4.99 Å². The van der Waals surface area contributed by atoms with E-state index < -0.39 is 29.4 Å². The van der Waals surface area contributed by atoms with Gasteiger partial charge in [-0.3, -0.25) is 30.0 Å². The molecule has 17 heteroatoms. The maximum Gasteiger partial charge on any atom is 0.414 e. The molecule has 0 aromatic carbocycles. The Morgan fingerprint density at radius 3 is 1.73 bits per heavy atom. The smallest absolute Gasteiger partial charge is 0.414 e. The lowest BCUT2D eigenvalue weighted by molar-refractivity contribution is -0.129. The second-order valence-corrected chi connectivity index (χ2v) is 20.5. The van der Waals surface area contributed by atoms with Crippen molar-refractivity contribution in [2.45, 2.75) is 153 Å². The summed E-state index contributed by atoms with van der Waals surface area (Å²) in [7, 11) is 7.75. The molecule has 2 saturated heterocycles. The van der Waals surface area contributed by atoms with E-state index in [1.807, 2.05) is 43.2 Å². The highest BCUT2D eigenvalue weighted by molar-refractivity contribution is 8.77. The summed E-state index contributed by atoms with van der Waals surface area (Å²) in [6.07, 6.45) is 9.37. The monoisotopic (exact) mass is 806 g/mol. The maximum atomic E-state index is 13.3. The minimum atomic E-state index is -0.816. The van der Waals surface area contributed by atoms with E-state index in [4.69, 9.17) is 9.47 Å². The molecule has 13 nitrogen and oxygen atoms in total. The fourth-order valence-electron chi connectivity index (χ4n) is 5.15. The number of ether oxygens (including phenoxy) is 2. The topological polar surface area (TPSA) is 176 Å². The number of hydrogen-bond acceptors (Lipinski definition) is 12. The molecule has 2 aliphatic heterocycles. The Labute approximate surface area is 326 Å². The van der Waals surface area contributed by atoms with Crippen molar-refractivity contribution in [2.75, 3.05) is 31.1 Å². The van der Waals surface area contributed by atoms with Crippen LogP contribution >= 0.6 is 43.2 Å². The number of carbonyl (C=O) groups is 5. The number of amides is 5. The molecule has 298 valence electrons. The Morgan fingerprint density at radius 1 is 0.692 bits per heavy atom. The van der Waals surface area contributed by atoms with Gasteiger partial charge >= 0.3 is 12.2 Å². The first-order valence-electron chi connectivity index (χ1n) is 18.5. The predicted octanol–water partition coefficient (Wildman–Crippen LogP) is 6.71. The van der Waals surface area contributed by atoms with Gasteiger partial charge in [0, 0.05) is 47.9 Å². The second kappa shape index (κ2) is 25.2. The Bertz CT molecular complexity index is 1120. The minimum absolute atomic E-state index is 0.00921. The Hall–Kier alpha value is -1.98. The van der Waals surface area contributed by atoms with Crippen molar-refractivity contribution in [3.8, 4) is 0 Å². The van der Waals surface area contributed by atoms with Crippen molar-refractivity contribution in [1.82, 2.24) is 26.6 Å². The third-order valence-electron chi connectivity index (χ3n) is 7.63. The Kier molecular flexibility index (Phi) is 22.3. The Morgan fingerprint density at radius 2 is 1.23 bits per heavy atom. The van der Waals surface area contributed by atoms with Gasteiger partial charge in [0.15, 0.2) is 0 Å². The number of nitrogens with one attached hydrogen (secondary N) is 5. The van der Waals surface area contributed by atoms with Crippen molar-refractivity contribution in [3.05, 3.63) is 0 Å². The highest BCUT2D eigenvalue weighted by Gasteiger charge is 2.23. The molecule has 2 fully saturated rings. The number of nitrogens with zero attached hydrogens (tertiary/aromatic N) is 1. The molecule has 0 saturated carbocycles. The quantitative estimate of drug-likeness (QED) is 0.0383. The largest absolute Gasteiger partial charge is 0.444 e. The molecule has 5 amide bonds. The van der Waals surface area contributed by atoms with Crippen LogP contribution in [0.3, 0.4) is 0 Å². The van der Waals surface area contributed by atoms with Gasteiger partial charge in [-0.25, -0.2) is 9.59 Å². The molecular formula is C35H62N6O7S4. The molecular weight excluding hydrogens is 745 g/mol. The third kappa shape index (κ3) is 23.6. The second-order valence-electron chi connectivity index (χ2n) is 14.9. The Balaban J connectivity index is 1.86. The number of unbranched alkanes of at least 4 members (excludes halogenated alkanes) is 3. The van der Waals surface area contributed by atoms with Crippen LogP contribution in [0.2, 0.25) is 0 Å². The van der Waals surface area contributed by atoms with Crippen LogP contribution < -0.4 is 26.6 Å². The van der Waals surface area contributed by atoms with Crippen molar-refractivity contribution < 1.29 is 33.4 Å². The molecule has 2 rings (SSSR count). The average molecular weight is 807 g/mol. The first-order valence-corrected chi connectivity index (χ1v) is 23.3. The molecule has 0 aromatic rings. The first-order chi connectivity index (χ1) is 24.6. The van der Waals surface area contributed by atoms with Crippen LogP contribution in [-0.4, -0.2) is 94.8 Å². The average Bonchev–Trinajstić information content (AvgIpc) is 3.76. The predicted molar refractivity (Wildman–Crippen MR) is 217 cm³/mol. The highest BCUT2D eigenvalue weighted by Crippen LogP contribution is 2.40. The van der Waals surface area contributed by atoms with Gasteiger partial charge in [0.25, 0.3) is 0 Å². The summed E-state index contributed by atoms with van der Waals surface area (Å²) >= 11 is 0. The normalized spacial score (nSPS) is 17.8. The van der Waals surface area contributed by atoms with E-state index >= 15 is 0 Å². The molecule has 2 aliphatic rings. The van der Waals surface area contributed by atoms with Gasteiger partial charge in [0.05, 0.1) is 6.54 Å². The molecule has 0 aromatic heterocycles. The lowest BCUT2D eigenvalue weighted by Gasteiger charge is -2.22. The maximum absolute atomic E-state index is 13.3. The summed E-state index contributed by atoms with van der Waals surface area (Å²) in [6.45, 7) is 10.8. The zero-order valence-corrected chi connectivity index (χ0v) is 35.2. The lowest BCUT2D eigenvalue weighted by atomic mass is 10.1. The molecule has 0 bridgehead atoms. The summed E-state index contributed by atoms with van der Waals surface area (Å²) in [6, 6.07) is -0.750. The minimum Gasteiger partial charge on any atom is -0.444 e. The third-order valence-corrected chi connectivity index (χ3v) is 13.6. The van der Waals surface area contributed by atoms with E-state index in [0.717, 1.165) is 37.4 Å². The molecule has 0 aliphatic carbocycles. The van der Waals surface area contributed by atoms with Gasteiger partial charge in [0.1, 0.15) is 17.2 Å². The summed E-state index contributed by atoms with van der Waals surface area (Å²) in [5.74, 6) is 1.75. The van der Waals surface area contributed by atoms with Crippen LogP contribution in [0.1, 0.15) is 125 Å². The number of hydrogen-bond donors (Lipinski definition) is 5. The van der Waals surface area contributed by atoms with Gasteiger partial charge in [-0.2, -0.15) is 0 Å². The van der Waals surface area contributed by atoms with Gasteiger partial charge < -0.3 is 25.4 Å². The number of alkyl carbamates (subject to hydrolysis) is 2. The highest BCUT2D eigenvalue weighted by atomic mass is 33.1. The van der Waals surface area contributed by atoms with Crippen LogP contribution in [0.25, 0.3) is 0 Å². The fraction of sp³-hybridized carbons (Fsp3) is 0.829. The molecule has 3 atom stereocenters. The summed E-state index contributed by atoms with van der Waals surface area (Å²) in [5.41, 5.74) is -1.55. The van der Waals surface area contributed by atoms with Crippen molar-refractivity contribution in [2.24, 2.45) is 4.99 Å². The van der Waals surface area contributed by atoms with Gasteiger partial charge in [0.2, 0.25) is 23.7 Å². The number of rotatable bonds is 20. The molecule has 3 unspecified atom stereocenters. The van der Waals surface area contributed by atoms with Crippen molar-refractivity contribution in [3.63, 3.8) is 0 Å². The molecule has 0 spiro atoms. The van der Waals surface area contributed by atoms with Crippen molar-refractivity contribution >= 4 is 79.0 Å². The molecule has 2 heterocycles. The van der Waals surface area contributed by atoms with Gasteiger partial charge in [-0.1, -0.05) is 56.0 Å². The first kappa shape index (κ1) is 46.2. The zero-order valence-electron chi connectivity index (χ0n) is 31.9. The van der Waals surface area contributed by atoms with E-state index in [2.05, 4.69) is 31.6 Å². The van der Waals surface area contributed by atoms with Crippen LogP contribution in [-0.2, 0) is 23.9 Å². The molecule has 52 heavy (non-hydrogen) atoms. The van der Waals surface area contributed by atoms with E-state index in [-0.39, 0.29) is 36.8 Å². The fourth-order valence-corrected chi connectivity index (χ4v) is 11.2. The number of carbonyl (C=O) groups excluding carboxylic acids is 5. The van der Waals surface area contributed by atoms with Gasteiger partial charge in [-0.15, -0.1) is 0 Å². The number of guanidine groups is 1. The van der Waals surface area contributed by atoms with E-state index in [1.54, 1.807) is 41.5 Å². The number of aliphatic imine (C=N–C) groups is 1. The van der Waals surface area contributed by atoms with E-state index in [1.165, 1.54) is 30.8 Å². The van der Waals surface area contributed by atoms with Gasteiger partial charge in [-0.05, 0) is 99.3 Å². The zero-order chi connectivity index (χ0) is 38.4. The summed E-state index contributed by atoms with van der Waals surface area (Å²) in [4.78, 5) is 67.5. The molecule has 5 N–H and O–H groups in total. The van der Waals surface area contributed by atoms with Crippen LogP contribution in [0, 0.1) is 0 Å². The van der Waals surface area contributed by atoms with E-state index in [9.17, 15) is 24.0 Å². The SMILES string of the molecule is CC(C)(C)OC(=O)NC(=NCCNC(=O)C(CCCCNC(=O)CCCCC1CCSS1)NC(=O)CCCCC1CCSS1)NC(=O)OC(C)(C)C.